The molecular formula is C19H20Cl2N4O2S. The lowest BCUT2D eigenvalue weighted by Crippen LogP contribution is -2.16. The van der Waals surface area contributed by atoms with Crippen LogP contribution in [0.25, 0.3) is 0 Å². The molecule has 0 saturated carbocycles. The maximum absolute atomic E-state index is 12.6. The maximum Gasteiger partial charge on any atom is 0.264 e. The van der Waals surface area contributed by atoms with Crippen LogP contribution in [0.15, 0.2) is 53.7 Å². The summed E-state index contributed by atoms with van der Waals surface area (Å²) in [4.78, 5) is 4.17. The Bertz CT molecular complexity index is 1090. The van der Waals surface area contributed by atoms with Crippen molar-refractivity contribution in [3.63, 3.8) is 0 Å². The number of anilines is 1. The van der Waals surface area contributed by atoms with E-state index in [2.05, 4.69) is 35.6 Å². The van der Waals surface area contributed by atoms with Gasteiger partial charge in [-0.3, -0.25) is 0 Å². The molecule has 6 nitrogen and oxygen atoms in total. The summed E-state index contributed by atoms with van der Waals surface area (Å²) in [5.41, 5.74) is 1.79. The Hall–Kier alpha value is -2.09. The van der Waals surface area contributed by atoms with Crippen LogP contribution in [0.4, 0.5) is 5.95 Å². The molecule has 148 valence electrons. The van der Waals surface area contributed by atoms with Crippen LogP contribution in [-0.4, -0.2) is 23.2 Å². The van der Waals surface area contributed by atoms with E-state index >= 15 is 0 Å². The lowest BCUT2D eigenvalue weighted by molar-refractivity contribution is 0.587. The lowest BCUT2D eigenvalue weighted by atomic mass is 9.87. The number of nitrogens with one attached hydrogen (secondary N) is 1. The Morgan fingerprint density at radius 3 is 2.36 bits per heavy atom. The molecule has 0 spiro atoms. The summed E-state index contributed by atoms with van der Waals surface area (Å²) in [6.45, 7) is 6.54. The molecule has 0 saturated heterocycles. The highest BCUT2D eigenvalue weighted by Gasteiger charge is 2.19. The first-order chi connectivity index (χ1) is 13.0. The number of hydrogen-bond acceptors (Lipinski definition) is 4. The van der Waals surface area contributed by atoms with Crippen molar-refractivity contribution >= 4 is 39.2 Å². The van der Waals surface area contributed by atoms with Crippen LogP contribution in [0.2, 0.25) is 10.0 Å². The van der Waals surface area contributed by atoms with Gasteiger partial charge in [-0.25, -0.2) is 17.8 Å². The van der Waals surface area contributed by atoms with E-state index < -0.39 is 10.0 Å². The molecule has 3 rings (SSSR count). The highest BCUT2D eigenvalue weighted by atomic mass is 35.5. The van der Waals surface area contributed by atoms with Crippen molar-refractivity contribution in [2.75, 3.05) is 4.72 Å². The zero-order valence-corrected chi connectivity index (χ0v) is 18.0. The minimum atomic E-state index is -3.78. The zero-order chi connectivity index (χ0) is 20.5. The molecule has 0 atom stereocenters. The van der Waals surface area contributed by atoms with Crippen LogP contribution < -0.4 is 4.72 Å². The molecule has 0 radical (unpaired) electrons. The average molecular weight is 439 g/mol. The summed E-state index contributed by atoms with van der Waals surface area (Å²) in [7, 11) is -3.78. The zero-order valence-electron chi connectivity index (χ0n) is 15.6. The molecule has 0 aliphatic heterocycles. The molecule has 1 aromatic heterocycles. The fraction of sp³-hybridized carbons (Fsp3) is 0.263. The number of sulfonamides is 1. The van der Waals surface area contributed by atoms with Crippen molar-refractivity contribution in [1.29, 1.82) is 0 Å². The standard InChI is InChI=1S/C19H20Cl2N4O2S/c1-19(2,3)14-5-8-16(9-6-14)28(26,27)24-18-22-12-25(23-18)11-13-4-7-15(20)10-17(13)21/h4-10,12H,11H2,1-3H3,(H,23,24). The largest absolute Gasteiger partial charge is 0.264 e. The third kappa shape index (κ3) is 4.84. The van der Waals surface area contributed by atoms with Gasteiger partial charge in [0, 0.05) is 10.0 Å². The van der Waals surface area contributed by atoms with E-state index in [1.807, 2.05) is 12.1 Å². The van der Waals surface area contributed by atoms with Crippen molar-refractivity contribution in [2.45, 2.75) is 37.6 Å². The summed E-state index contributed by atoms with van der Waals surface area (Å²) >= 11 is 12.1. The van der Waals surface area contributed by atoms with Gasteiger partial charge >= 0.3 is 0 Å². The third-order valence-electron chi connectivity index (χ3n) is 4.14. The number of aromatic nitrogens is 3. The first-order valence-electron chi connectivity index (χ1n) is 8.51. The summed E-state index contributed by atoms with van der Waals surface area (Å²) in [5.74, 6) is -0.00927. The lowest BCUT2D eigenvalue weighted by Gasteiger charge is -2.19. The number of halogens is 2. The minimum Gasteiger partial charge on any atom is -0.246 e. The van der Waals surface area contributed by atoms with E-state index in [1.54, 1.807) is 30.3 Å². The summed E-state index contributed by atoms with van der Waals surface area (Å²) in [6.07, 6.45) is 1.44. The topological polar surface area (TPSA) is 76.9 Å². The van der Waals surface area contributed by atoms with E-state index in [-0.39, 0.29) is 16.3 Å². The molecule has 28 heavy (non-hydrogen) atoms. The molecule has 0 unspecified atom stereocenters. The van der Waals surface area contributed by atoms with Gasteiger partial charge in [0.05, 0.1) is 11.4 Å². The molecule has 0 bridgehead atoms. The van der Waals surface area contributed by atoms with Gasteiger partial charge < -0.3 is 0 Å². The number of benzene rings is 2. The van der Waals surface area contributed by atoms with Crippen LogP contribution >= 0.6 is 23.2 Å². The number of nitrogens with zero attached hydrogens (tertiary/aromatic N) is 3. The summed E-state index contributed by atoms with van der Waals surface area (Å²) in [6, 6.07) is 11.9. The summed E-state index contributed by atoms with van der Waals surface area (Å²) in [5, 5.41) is 5.20. The van der Waals surface area contributed by atoms with Crippen molar-refractivity contribution < 1.29 is 8.42 Å². The fourth-order valence-corrected chi connectivity index (χ4v) is 3.97. The maximum atomic E-state index is 12.6. The Morgan fingerprint density at radius 2 is 1.75 bits per heavy atom. The van der Waals surface area contributed by atoms with Gasteiger partial charge in [0.15, 0.2) is 0 Å². The third-order valence-corrected chi connectivity index (χ3v) is 6.07. The molecule has 0 amide bonds. The summed E-state index contributed by atoms with van der Waals surface area (Å²) < 4.78 is 29.1. The molecule has 0 fully saturated rings. The van der Waals surface area contributed by atoms with E-state index in [4.69, 9.17) is 23.2 Å². The van der Waals surface area contributed by atoms with Crippen molar-refractivity contribution in [2.24, 2.45) is 0 Å². The van der Waals surface area contributed by atoms with Gasteiger partial charge in [0.1, 0.15) is 6.33 Å². The molecule has 3 aromatic rings. The van der Waals surface area contributed by atoms with Gasteiger partial charge in [-0.05, 0) is 40.8 Å². The average Bonchev–Trinajstić information content (AvgIpc) is 3.03. The van der Waals surface area contributed by atoms with E-state index in [9.17, 15) is 8.42 Å². The van der Waals surface area contributed by atoms with Gasteiger partial charge in [0.2, 0.25) is 0 Å². The Kier molecular flexibility index (Phi) is 5.70. The fourth-order valence-electron chi connectivity index (χ4n) is 2.56. The van der Waals surface area contributed by atoms with Gasteiger partial charge in [-0.1, -0.05) is 62.2 Å². The normalized spacial score (nSPS) is 12.2. The molecule has 0 aliphatic rings. The molecular weight excluding hydrogens is 419 g/mol. The second kappa shape index (κ2) is 7.73. The predicted molar refractivity (Wildman–Crippen MR) is 112 cm³/mol. The van der Waals surface area contributed by atoms with Gasteiger partial charge in [-0.15, -0.1) is 5.10 Å². The second-order valence-electron chi connectivity index (χ2n) is 7.38. The van der Waals surface area contributed by atoms with Crippen LogP contribution in [0.5, 0.6) is 0 Å². The predicted octanol–water partition coefficient (Wildman–Crippen LogP) is 4.73. The monoisotopic (exact) mass is 438 g/mol. The van der Waals surface area contributed by atoms with E-state index in [1.165, 1.54) is 11.0 Å². The minimum absolute atomic E-state index is 0.00927. The highest BCUT2D eigenvalue weighted by molar-refractivity contribution is 7.92. The van der Waals surface area contributed by atoms with Crippen LogP contribution in [0, 0.1) is 0 Å². The molecule has 2 aromatic carbocycles. The van der Waals surface area contributed by atoms with Crippen molar-refractivity contribution in [3.8, 4) is 0 Å². The quantitative estimate of drug-likeness (QED) is 0.624. The van der Waals surface area contributed by atoms with Gasteiger partial charge in [0.25, 0.3) is 16.0 Å². The van der Waals surface area contributed by atoms with E-state index in [0.717, 1.165) is 11.1 Å². The second-order valence-corrected chi connectivity index (χ2v) is 9.91. The molecule has 1 N–H and O–H groups in total. The molecule has 9 heteroatoms. The van der Waals surface area contributed by atoms with Crippen LogP contribution in [0.3, 0.4) is 0 Å². The van der Waals surface area contributed by atoms with Crippen LogP contribution in [-0.2, 0) is 22.0 Å². The molecule has 1 heterocycles. The number of rotatable bonds is 5. The van der Waals surface area contributed by atoms with Crippen molar-refractivity contribution in [3.05, 3.63) is 70.0 Å². The smallest absolute Gasteiger partial charge is 0.246 e. The van der Waals surface area contributed by atoms with Crippen LogP contribution in [0.1, 0.15) is 31.9 Å². The van der Waals surface area contributed by atoms with Crippen molar-refractivity contribution in [1.82, 2.24) is 14.8 Å². The highest BCUT2D eigenvalue weighted by Crippen LogP contribution is 2.24. The first-order valence-corrected chi connectivity index (χ1v) is 10.8. The Balaban J connectivity index is 1.75. The van der Waals surface area contributed by atoms with Gasteiger partial charge in [-0.2, -0.15) is 4.98 Å². The SMILES string of the molecule is CC(C)(C)c1ccc(S(=O)(=O)Nc2ncn(Cc3ccc(Cl)cc3Cl)n2)cc1. The van der Waals surface area contributed by atoms with E-state index in [0.29, 0.717) is 16.6 Å². The molecule has 0 aliphatic carbocycles. The Labute approximate surface area is 174 Å². The number of hydrogen-bond donors (Lipinski definition) is 1. The first kappa shape index (κ1) is 20.6. The Morgan fingerprint density at radius 1 is 1.07 bits per heavy atom.